The lowest BCUT2D eigenvalue weighted by molar-refractivity contribution is -0.143. The number of carbonyl (C=O) groups excluding carboxylic acids is 4. The summed E-state index contributed by atoms with van der Waals surface area (Å²) in [5.74, 6) is -4.65. The number of aliphatic carboxylic acids is 1. The normalized spacial score (nSPS) is 14.3. The molecule has 194 valence electrons. The average molecular weight is 505 g/mol. The quantitative estimate of drug-likeness (QED) is 0.0442. The number of hydrogen-bond acceptors (Lipinski definition) is 8. The van der Waals surface area contributed by atoms with E-state index < -0.39 is 60.2 Å². The van der Waals surface area contributed by atoms with Crippen molar-refractivity contribution in [2.24, 2.45) is 33.8 Å². The minimum Gasteiger partial charge on any atom is -0.480 e. The van der Waals surface area contributed by atoms with Crippen LogP contribution in [0.4, 0.5) is 0 Å². The third-order valence-corrected chi connectivity index (χ3v) is 4.84. The fourth-order valence-electron chi connectivity index (χ4n) is 2.81. The molecule has 0 aliphatic rings. The van der Waals surface area contributed by atoms with Crippen LogP contribution in [0.1, 0.15) is 39.5 Å². The lowest BCUT2D eigenvalue weighted by Crippen LogP contribution is -2.58. The predicted molar refractivity (Wildman–Crippen MR) is 128 cm³/mol. The highest BCUT2D eigenvalue weighted by Gasteiger charge is 2.30. The molecule has 0 saturated heterocycles. The number of nitrogens with zero attached hydrogens (tertiary/aromatic N) is 1. The fraction of sp³-hybridized carbons (Fsp3) is 0.684. The van der Waals surface area contributed by atoms with E-state index in [0.717, 1.165) is 0 Å². The van der Waals surface area contributed by atoms with E-state index in [1.165, 1.54) is 0 Å². The van der Waals surface area contributed by atoms with Crippen molar-refractivity contribution in [2.75, 3.05) is 12.3 Å². The molecule has 0 aliphatic carbocycles. The van der Waals surface area contributed by atoms with Crippen molar-refractivity contribution in [3.63, 3.8) is 0 Å². The van der Waals surface area contributed by atoms with E-state index in [-0.39, 0.29) is 37.0 Å². The summed E-state index contributed by atoms with van der Waals surface area (Å²) in [6.07, 6.45) is 0.0379. The van der Waals surface area contributed by atoms with Crippen molar-refractivity contribution >= 4 is 48.2 Å². The zero-order chi connectivity index (χ0) is 26.4. The fourth-order valence-corrected chi connectivity index (χ4v) is 3.06. The van der Waals surface area contributed by atoms with E-state index in [9.17, 15) is 29.1 Å². The number of carboxylic acids is 1. The molecule has 0 aliphatic heterocycles. The van der Waals surface area contributed by atoms with Crippen LogP contribution >= 0.6 is 12.6 Å². The lowest BCUT2D eigenvalue weighted by atomic mass is 10.0. The minimum atomic E-state index is -1.59. The van der Waals surface area contributed by atoms with E-state index in [2.05, 4.69) is 33.6 Å². The molecule has 0 fully saturated rings. The maximum Gasteiger partial charge on any atom is 0.326 e. The predicted octanol–water partition coefficient (Wildman–Crippen LogP) is -3.24. The van der Waals surface area contributed by atoms with Crippen molar-refractivity contribution in [1.82, 2.24) is 16.0 Å². The van der Waals surface area contributed by atoms with Gasteiger partial charge in [-0.3, -0.25) is 24.2 Å². The van der Waals surface area contributed by atoms with Crippen molar-refractivity contribution < 1.29 is 29.1 Å². The van der Waals surface area contributed by atoms with E-state index >= 15 is 0 Å². The standard InChI is InChI=1S/C19H36N8O6S/c1-9(2)6-10(20)15(29)27-13(8-34)17(31)25-11(4-3-5-24-19(22)23)16(30)26-12(18(32)33)7-14(21)28/h9-13,34H,3-8,20H2,1-2H3,(H2,21,28)(H,25,31)(H,26,30)(H,27,29)(H,32,33)(H4,22,23,24). The Kier molecular flexibility index (Phi) is 14.3. The second kappa shape index (κ2) is 15.7. The minimum absolute atomic E-state index is 0.0252. The zero-order valence-electron chi connectivity index (χ0n) is 19.3. The maximum absolute atomic E-state index is 12.8. The van der Waals surface area contributed by atoms with Crippen LogP contribution in [0.5, 0.6) is 0 Å². The summed E-state index contributed by atoms with van der Waals surface area (Å²) < 4.78 is 0. The van der Waals surface area contributed by atoms with Gasteiger partial charge in [0, 0.05) is 12.3 Å². The summed E-state index contributed by atoms with van der Waals surface area (Å²) in [5.41, 5.74) is 21.4. The van der Waals surface area contributed by atoms with Crippen LogP contribution in [0.3, 0.4) is 0 Å². The van der Waals surface area contributed by atoms with Crippen molar-refractivity contribution in [3.8, 4) is 0 Å². The maximum atomic E-state index is 12.8. The third-order valence-electron chi connectivity index (χ3n) is 4.48. The van der Waals surface area contributed by atoms with Gasteiger partial charge in [0.2, 0.25) is 23.6 Å². The summed E-state index contributed by atoms with van der Waals surface area (Å²) in [5, 5.41) is 16.4. The van der Waals surface area contributed by atoms with Gasteiger partial charge in [0.25, 0.3) is 0 Å². The summed E-state index contributed by atoms with van der Waals surface area (Å²) in [7, 11) is 0. The highest BCUT2D eigenvalue weighted by Crippen LogP contribution is 2.05. The molecule has 4 amide bonds. The first kappa shape index (κ1) is 30.9. The van der Waals surface area contributed by atoms with Crippen molar-refractivity contribution in [2.45, 2.75) is 63.7 Å². The molecule has 0 heterocycles. The molecule has 0 spiro atoms. The molecule has 0 radical (unpaired) electrons. The molecule has 0 rings (SSSR count). The molecule has 0 aromatic rings. The second-order valence-electron chi connectivity index (χ2n) is 8.06. The number of guanidine groups is 1. The molecule has 0 saturated carbocycles. The van der Waals surface area contributed by atoms with Crippen LogP contribution in [0, 0.1) is 5.92 Å². The van der Waals surface area contributed by atoms with Gasteiger partial charge in [0.05, 0.1) is 12.5 Å². The Morgan fingerprint density at radius 1 is 0.912 bits per heavy atom. The SMILES string of the molecule is CC(C)CC(N)C(=O)NC(CS)C(=O)NC(CCCN=C(N)N)C(=O)NC(CC(N)=O)C(=O)O. The number of rotatable bonds is 16. The molecule has 0 aromatic carbocycles. The van der Waals surface area contributed by atoms with Crippen LogP contribution in [0.2, 0.25) is 0 Å². The summed E-state index contributed by atoms with van der Waals surface area (Å²) in [6, 6.07) is -4.75. The van der Waals surface area contributed by atoms with Gasteiger partial charge in [-0.15, -0.1) is 0 Å². The topological polar surface area (TPSA) is 258 Å². The summed E-state index contributed by atoms with van der Waals surface area (Å²) in [6.45, 7) is 3.93. The van der Waals surface area contributed by atoms with Gasteiger partial charge in [0.15, 0.2) is 5.96 Å². The molecular weight excluding hydrogens is 468 g/mol. The Labute approximate surface area is 203 Å². The Morgan fingerprint density at radius 3 is 1.91 bits per heavy atom. The van der Waals surface area contributed by atoms with Crippen LogP contribution in [0.25, 0.3) is 0 Å². The number of aliphatic imine (C=N–C) groups is 1. The summed E-state index contributed by atoms with van der Waals surface area (Å²) in [4.78, 5) is 64.0. The molecule has 0 bridgehead atoms. The van der Waals surface area contributed by atoms with Crippen LogP contribution < -0.4 is 38.9 Å². The van der Waals surface area contributed by atoms with Crippen LogP contribution in [-0.2, 0) is 24.0 Å². The van der Waals surface area contributed by atoms with E-state index in [1.54, 1.807) is 0 Å². The number of primary amides is 1. The number of nitrogens with two attached hydrogens (primary N) is 4. The van der Waals surface area contributed by atoms with E-state index in [4.69, 9.17) is 22.9 Å². The highest BCUT2D eigenvalue weighted by atomic mass is 32.1. The molecule has 0 aromatic heterocycles. The first-order chi connectivity index (χ1) is 15.8. The number of thiol groups is 1. The van der Waals surface area contributed by atoms with Gasteiger partial charge < -0.3 is 44.0 Å². The van der Waals surface area contributed by atoms with Gasteiger partial charge in [-0.2, -0.15) is 12.6 Å². The molecular formula is C19H36N8O6S. The van der Waals surface area contributed by atoms with Crippen molar-refractivity contribution in [1.29, 1.82) is 0 Å². The van der Waals surface area contributed by atoms with E-state index in [1.807, 2.05) is 13.8 Å². The number of amides is 4. The van der Waals surface area contributed by atoms with Crippen LogP contribution in [0.15, 0.2) is 4.99 Å². The molecule has 14 nitrogen and oxygen atoms in total. The molecule has 12 N–H and O–H groups in total. The van der Waals surface area contributed by atoms with Gasteiger partial charge in [-0.05, 0) is 25.2 Å². The van der Waals surface area contributed by atoms with Crippen molar-refractivity contribution in [3.05, 3.63) is 0 Å². The number of carboxylic acid groups (broad SMARTS) is 1. The van der Waals surface area contributed by atoms with E-state index in [0.29, 0.717) is 6.42 Å². The van der Waals surface area contributed by atoms with Gasteiger partial charge in [-0.25, -0.2) is 4.79 Å². The largest absolute Gasteiger partial charge is 0.480 e. The Bertz CT molecular complexity index is 759. The smallest absolute Gasteiger partial charge is 0.326 e. The number of hydrogen-bond donors (Lipinski definition) is 9. The number of nitrogens with one attached hydrogen (secondary N) is 3. The monoisotopic (exact) mass is 504 g/mol. The molecule has 4 unspecified atom stereocenters. The first-order valence-corrected chi connectivity index (χ1v) is 11.3. The molecule has 15 heteroatoms. The van der Waals surface area contributed by atoms with Gasteiger partial charge >= 0.3 is 5.97 Å². The Balaban J connectivity index is 5.42. The average Bonchev–Trinajstić information content (AvgIpc) is 2.71. The second-order valence-corrected chi connectivity index (χ2v) is 8.42. The summed E-state index contributed by atoms with van der Waals surface area (Å²) >= 11 is 4.08. The molecule has 4 atom stereocenters. The molecule has 34 heavy (non-hydrogen) atoms. The van der Waals surface area contributed by atoms with Gasteiger partial charge in [-0.1, -0.05) is 13.8 Å². The zero-order valence-corrected chi connectivity index (χ0v) is 20.2. The van der Waals surface area contributed by atoms with Gasteiger partial charge in [0.1, 0.15) is 18.1 Å². The first-order valence-electron chi connectivity index (χ1n) is 10.6. The lowest BCUT2D eigenvalue weighted by Gasteiger charge is -2.24. The highest BCUT2D eigenvalue weighted by molar-refractivity contribution is 7.80. The Morgan fingerprint density at radius 2 is 1.44 bits per heavy atom. The van der Waals surface area contributed by atoms with Crippen LogP contribution in [-0.4, -0.2) is 77.1 Å². The Hall–Kier alpha value is -3.07. The third kappa shape index (κ3) is 12.8. The number of carbonyl (C=O) groups is 5.